The van der Waals surface area contributed by atoms with Gasteiger partial charge in [-0.25, -0.2) is 0 Å². The van der Waals surface area contributed by atoms with Gasteiger partial charge in [0.25, 0.3) is 5.91 Å². The van der Waals surface area contributed by atoms with Crippen molar-refractivity contribution in [2.45, 2.75) is 39.3 Å². The van der Waals surface area contributed by atoms with E-state index in [4.69, 9.17) is 16.3 Å². The van der Waals surface area contributed by atoms with Crippen LogP contribution in [0.4, 0.5) is 0 Å². The summed E-state index contributed by atoms with van der Waals surface area (Å²) in [5.74, 6) is 0.527. The number of likely N-dealkylation sites (tertiary alicyclic amines) is 1. The van der Waals surface area contributed by atoms with Gasteiger partial charge in [0, 0.05) is 66.8 Å². The lowest BCUT2D eigenvalue weighted by Gasteiger charge is -2.39. The molecule has 1 atom stereocenters. The summed E-state index contributed by atoms with van der Waals surface area (Å²) in [5.41, 5.74) is 3.27. The molecular formula is C25H28ClN3O3. The fraction of sp³-hybridized carbons (Fsp3) is 0.400. The summed E-state index contributed by atoms with van der Waals surface area (Å²) < 4.78 is 7.19. The average molecular weight is 454 g/mol. The molecular weight excluding hydrogens is 426 g/mol. The Morgan fingerprint density at radius 2 is 1.91 bits per heavy atom. The lowest BCUT2D eigenvalue weighted by molar-refractivity contribution is 0.0462. The van der Waals surface area contributed by atoms with Gasteiger partial charge in [-0.05, 0) is 62.2 Å². The predicted octanol–water partition coefficient (Wildman–Crippen LogP) is 4.77. The summed E-state index contributed by atoms with van der Waals surface area (Å²) in [6.45, 7) is 6.11. The van der Waals surface area contributed by atoms with E-state index in [-0.39, 0.29) is 17.8 Å². The van der Waals surface area contributed by atoms with Crippen LogP contribution in [0.2, 0.25) is 5.02 Å². The summed E-state index contributed by atoms with van der Waals surface area (Å²) in [6, 6.07) is 10.8. The quantitative estimate of drug-likeness (QED) is 0.461. The molecule has 2 aromatic carbocycles. The van der Waals surface area contributed by atoms with Crippen LogP contribution in [-0.2, 0) is 11.3 Å². The highest BCUT2D eigenvalue weighted by atomic mass is 35.5. The Hall–Kier alpha value is -2.70. The Kier molecular flexibility index (Phi) is 6.63. The van der Waals surface area contributed by atoms with Crippen molar-refractivity contribution >= 4 is 34.2 Å². The number of methoxy groups -OCH3 is 1. The van der Waals surface area contributed by atoms with Gasteiger partial charge in [-0.1, -0.05) is 11.6 Å². The number of carbonyl (C=O) groups excluding carboxylic acids is 2. The van der Waals surface area contributed by atoms with Crippen molar-refractivity contribution in [1.82, 2.24) is 14.7 Å². The molecule has 7 heteroatoms. The summed E-state index contributed by atoms with van der Waals surface area (Å²) >= 11 is 5.90. The fourth-order valence-corrected chi connectivity index (χ4v) is 4.28. The van der Waals surface area contributed by atoms with Crippen molar-refractivity contribution in [3.05, 3.63) is 64.3 Å². The zero-order valence-corrected chi connectivity index (χ0v) is 19.4. The molecule has 0 radical (unpaired) electrons. The van der Waals surface area contributed by atoms with Crippen LogP contribution in [0.25, 0.3) is 10.9 Å². The van der Waals surface area contributed by atoms with Crippen LogP contribution < -0.4 is 0 Å². The molecule has 0 N–H and O–H groups in total. The number of benzene rings is 2. The van der Waals surface area contributed by atoms with Gasteiger partial charge >= 0.3 is 0 Å². The maximum atomic E-state index is 12.7. The molecule has 1 aromatic heterocycles. The Morgan fingerprint density at radius 3 is 2.59 bits per heavy atom. The third kappa shape index (κ3) is 4.71. The highest BCUT2D eigenvalue weighted by Gasteiger charge is 2.31. The maximum Gasteiger partial charge on any atom is 0.253 e. The van der Waals surface area contributed by atoms with Crippen molar-refractivity contribution in [3.63, 3.8) is 0 Å². The molecule has 1 saturated heterocycles. The first kappa shape index (κ1) is 22.5. The smallest absolute Gasteiger partial charge is 0.253 e. The van der Waals surface area contributed by atoms with Crippen molar-refractivity contribution < 1.29 is 14.3 Å². The number of rotatable bonds is 8. The third-order valence-electron chi connectivity index (χ3n) is 6.27. The van der Waals surface area contributed by atoms with Gasteiger partial charge < -0.3 is 9.64 Å². The van der Waals surface area contributed by atoms with Crippen molar-refractivity contribution in [2.24, 2.45) is 5.92 Å². The molecule has 0 saturated carbocycles. The van der Waals surface area contributed by atoms with E-state index >= 15 is 0 Å². The van der Waals surface area contributed by atoms with Crippen LogP contribution in [0.15, 0.2) is 42.6 Å². The first-order valence-corrected chi connectivity index (χ1v) is 11.3. The lowest BCUT2D eigenvalue weighted by Crippen LogP contribution is -2.51. The van der Waals surface area contributed by atoms with Gasteiger partial charge in [0.05, 0.1) is 11.6 Å². The highest BCUT2D eigenvalue weighted by Crippen LogP contribution is 2.25. The van der Waals surface area contributed by atoms with Crippen LogP contribution in [0, 0.1) is 12.8 Å². The van der Waals surface area contributed by atoms with Gasteiger partial charge in [0.2, 0.25) is 0 Å². The number of carbonyl (C=O) groups is 2. The molecule has 2 heterocycles. The number of hydrogen-bond donors (Lipinski definition) is 0. The Morgan fingerprint density at radius 1 is 1.19 bits per heavy atom. The number of hydrogen-bond acceptors (Lipinski definition) is 4. The van der Waals surface area contributed by atoms with Crippen molar-refractivity contribution in [2.75, 3.05) is 20.2 Å². The highest BCUT2D eigenvalue weighted by molar-refractivity contribution is 6.30. The Labute approximate surface area is 193 Å². The van der Waals surface area contributed by atoms with E-state index in [9.17, 15) is 9.59 Å². The van der Waals surface area contributed by atoms with E-state index in [1.807, 2.05) is 41.8 Å². The Bertz CT molecular complexity index is 1130. The molecule has 6 nitrogen and oxygen atoms in total. The molecule has 3 aromatic rings. The molecule has 0 spiro atoms. The van der Waals surface area contributed by atoms with Gasteiger partial charge in [-0.3, -0.25) is 14.3 Å². The number of nitrogens with zero attached hydrogens (tertiary/aromatic N) is 3. The zero-order valence-electron chi connectivity index (χ0n) is 18.7. The van der Waals surface area contributed by atoms with Crippen LogP contribution >= 0.6 is 11.6 Å². The number of aromatic nitrogens is 2. The topological polar surface area (TPSA) is 64.4 Å². The molecule has 32 heavy (non-hydrogen) atoms. The lowest BCUT2D eigenvalue weighted by atomic mass is 9.98. The van der Waals surface area contributed by atoms with Gasteiger partial charge in [0.15, 0.2) is 5.78 Å². The minimum Gasteiger partial charge on any atom is -0.382 e. The Balaban J connectivity index is 1.38. The van der Waals surface area contributed by atoms with E-state index in [1.54, 1.807) is 31.4 Å². The second kappa shape index (κ2) is 9.43. The molecule has 1 fully saturated rings. The molecule has 4 rings (SSSR count). The molecule has 168 valence electrons. The van der Waals surface area contributed by atoms with Gasteiger partial charge in [-0.2, -0.15) is 5.10 Å². The van der Waals surface area contributed by atoms with E-state index in [0.717, 1.165) is 28.6 Å². The first-order valence-electron chi connectivity index (χ1n) is 10.9. The number of ether oxygens (including phenoxy) is 1. The number of ketones is 1. The molecule has 1 aliphatic heterocycles. The van der Waals surface area contributed by atoms with Gasteiger partial charge in [-0.15, -0.1) is 0 Å². The van der Waals surface area contributed by atoms with E-state index in [0.29, 0.717) is 42.4 Å². The average Bonchev–Trinajstić information content (AvgIpc) is 3.18. The largest absolute Gasteiger partial charge is 0.382 e. The normalized spacial score (nSPS) is 15.1. The molecule has 1 aliphatic rings. The monoisotopic (exact) mass is 453 g/mol. The van der Waals surface area contributed by atoms with Crippen molar-refractivity contribution in [3.8, 4) is 0 Å². The molecule has 0 bridgehead atoms. The van der Waals surface area contributed by atoms with E-state index < -0.39 is 0 Å². The number of amides is 1. The van der Waals surface area contributed by atoms with E-state index in [1.165, 1.54) is 0 Å². The van der Waals surface area contributed by atoms with Crippen LogP contribution in [0.3, 0.4) is 0 Å². The SMILES string of the molecule is CO[C@H](C)CCC(=O)c1ccc2nn(CC3CN(C(=O)c4ccc(Cl)cc4)C3)cc2c1C. The standard InChI is InChI=1S/C25H28ClN3O3/c1-16(32-3)4-11-24(30)21-9-10-23-22(17(21)2)15-29(27-23)14-18-12-28(13-18)25(31)19-5-7-20(26)8-6-19/h5-10,15-16,18H,4,11-14H2,1-3H3/t16-/m1/s1. The minimum absolute atomic E-state index is 0.0327. The minimum atomic E-state index is 0.0327. The fourth-order valence-electron chi connectivity index (χ4n) is 4.15. The van der Waals surface area contributed by atoms with Crippen LogP contribution in [0.5, 0.6) is 0 Å². The zero-order chi connectivity index (χ0) is 22.8. The summed E-state index contributed by atoms with van der Waals surface area (Å²) in [4.78, 5) is 27.1. The van der Waals surface area contributed by atoms with Crippen molar-refractivity contribution in [1.29, 1.82) is 0 Å². The number of aryl methyl sites for hydroxylation is 1. The van der Waals surface area contributed by atoms with Crippen LogP contribution in [0.1, 0.15) is 46.0 Å². The third-order valence-corrected chi connectivity index (χ3v) is 6.52. The summed E-state index contributed by atoms with van der Waals surface area (Å²) in [7, 11) is 1.66. The first-order chi connectivity index (χ1) is 15.4. The number of Topliss-reactive ketones (excluding diaryl/α,β-unsaturated/α-hetero) is 1. The predicted molar refractivity (Wildman–Crippen MR) is 125 cm³/mol. The summed E-state index contributed by atoms with van der Waals surface area (Å²) in [6.07, 6.45) is 3.26. The second-order valence-corrected chi connectivity index (χ2v) is 9.05. The summed E-state index contributed by atoms with van der Waals surface area (Å²) in [5, 5.41) is 6.32. The van der Waals surface area contributed by atoms with Crippen LogP contribution in [-0.4, -0.2) is 52.7 Å². The molecule has 0 unspecified atom stereocenters. The van der Waals surface area contributed by atoms with E-state index in [2.05, 4.69) is 5.10 Å². The second-order valence-electron chi connectivity index (χ2n) is 8.61. The number of halogens is 1. The number of fused-ring (bicyclic) bond motifs is 1. The molecule has 1 amide bonds. The van der Waals surface area contributed by atoms with Gasteiger partial charge in [0.1, 0.15) is 0 Å². The molecule has 0 aliphatic carbocycles. The maximum absolute atomic E-state index is 12.7.